The van der Waals surface area contributed by atoms with Crippen LogP contribution in [-0.4, -0.2) is 65.1 Å². The average Bonchev–Trinajstić information content (AvgIpc) is 3.22. The number of amides is 1. The largest absolute Gasteiger partial charge is 0.473 e. The maximum absolute atomic E-state index is 13.3. The van der Waals surface area contributed by atoms with Gasteiger partial charge in [-0.2, -0.15) is 0 Å². The molecular weight excluding hydrogens is 481 g/mol. The number of oxazole rings is 1. The Hall–Kier alpha value is -4.05. The molecule has 10 heteroatoms. The summed E-state index contributed by atoms with van der Waals surface area (Å²) in [7, 11) is 4.13. The van der Waals surface area contributed by atoms with Crippen molar-refractivity contribution >= 4 is 23.5 Å². The highest BCUT2D eigenvalue weighted by atomic mass is 19.1. The molecule has 0 fully saturated rings. The van der Waals surface area contributed by atoms with Crippen LogP contribution < -0.4 is 4.90 Å². The van der Waals surface area contributed by atoms with E-state index in [9.17, 15) is 9.18 Å². The Bertz CT molecular complexity index is 1240. The van der Waals surface area contributed by atoms with Gasteiger partial charge in [-0.05, 0) is 62.3 Å². The number of carbonyl (C=O) groups is 3. The molecule has 2 N–H and O–H groups in total. The number of hydrogen-bond donors (Lipinski definition) is 2. The molecule has 1 aromatic heterocycles. The van der Waals surface area contributed by atoms with Gasteiger partial charge in [-0.25, -0.2) is 19.0 Å². The van der Waals surface area contributed by atoms with Crippen molar-refractivity contribution in [3.63, 3.8) is 0 Å². The van der Waals surface area contributed by atoms with Crippen molar-refractivity contribution in [1.29, 1.82) is 0 Å². The van der Waals surface area contributed by atoms with Crippen LogP contribution in [-0.2, 0) is 27.2 Å². The highest BCUT2D eigenvalue weighted by molar-refractivity contribution is 6.27. The first-order valence-corrected chi connectivity index (χ1v) is 11.8. The summed E-state index contributed by atoms with van der Waals surface area (Å²) in [6.45, 7) is 3.44. The number of benzene rings is 2. The smallest absolute Gasteiger partial charge is 0.414 e. The lowest BCUT2D eigenvalue weighted by Crippen LogP contribution is -2.43. The molecule has 0 saturated heterocycles. The Kier molecular flexibility index (Phi) is 9.13. The van der Waals surface area contributed by atoms with E-state index in [-0.39, 0.29) is 11.7 Å². The maximum Gasteiger partial charge on any atom is 0.414 e. The van der Waals surface area contributed by atoms with Gasteiger partial charge in [-0.15, -0.1) is 0 Å². The number of carboxylic acid groups (broad SMARTS) is 2. The van der Waals surface area contributed by atoms with E-state index >= 15 is 0 Å². The predicted octanol–water partition coefficient (Wildman–Crippen LogP) is 3.64. The summed E-state index contributed by atoms with van der Waals surface area (Å²) in [6.07, 6.45) is 1.75. The van der Waals surface area contributed by atoms with Crippen LogP contribution in [0.3, 0.4) is 0 Å². The van der Waals surface area contributed by atoms with Crippen LogP contribution >= 0.6 is 0 Å². The molecule has 196 valence electrons. The lowest BCUT2D eigenvalue weighted by molar-refractivity contribution is -0.159. The molecule has 1 aliphatic heterocycles. The second kappa shape index (κ2) is 12.3. The van der Waals surface area contributed by atoms with Crippen LogP contribution in [0, 0.1) is 18.7 Å². The van der Waals surface area contributed by atoms with Crippen molar-refractivity contribution in [2.75, 3.05) is 32.1 Å². The summed E-state index contributed by atoms with van der Waals surface area (Å²) in [4.78, 5) is 40.0. The molecular formula is C27H30FN3O6. The Morgan fingerprint density at radius 1 is 1.08 bits per heavy atom. The van der Waals surface area contributed by atoms with Crippen molar-refractivity contribution < 1.29 is 33.4 Å². The molecule has 0 saturated carbocycles. The van der Waals surface area contributed by atoms with Gasteiger partial charge in [0.05, 0.1) is 0 Å². The topological polar surface area (TPSA) is 124 Å². The maximum atomic E-state index is 13.3. The molecule has 1 amide bonds. The lowest BCUT2D eigenvalue weighted by Gasteiger charge is -2.36. The molecule has 1 aliphatic rings. The fourth-order valence-electron chi connectivity index (χ4n) is 4.38. The monoisotopic (exact) mass is 511 g/mol. The van der Waals surface area contributed by atoms with Gasteiger partial charge in [0.1, 0.15) is 17.3 Å². The van der Waals surface area contributed by atoms with Crippen molar-refractivity contribution in [3.05, 3.63) is 71.6 Å². The van der Waals surface area contributed by atoms with Crippen LogP contribution in [0.2, 0.25) is 0 Å². The summed E-state index contributed by atoms with van der Waals surface area (Å²) < 4.78 is 19.1. The Morgan fingerprint density at radius 2 is 1.73 bits per heavy atom. The number of para-hydroxylation sites is 1. The van der Waals surface area contributed by atoms with Crippen LogP contribution in [0.5, 0.6) is 0 Å². The minimum Gasteiger partial charge on any atom is -0.473 e. The average molecular weight is 512 g/mol. The van der Waals surface area contributed by atoms with E-state index in [2.05, 4.69) is 30.0 Å². The van der Waals surface area contributed by atoms with E-state index in [0.717, 1.165) is 24.2 Å². The quantitative estimate of drug-likeness (QED) is 0.481. The number of aromatic nitrogens is 1. The minimum atomic E-state index is -1.82. The molecule has 3 aromatic rings. The third kappa shape index (κ3) is 7.47. The van der Waals surface area contributed by atoms with Gasteiger partial charge in [-0.3, -0.25) is 4.79 Å². The second-order valence-corrected chi connectivity index (χ2v) is 9.09. The van der Waals surface area contributed by atoms with E-state index in [1.54, 1.807) is 19.1 Å². The molecule has 1 atom stereocenters. The summed E-state index contributed by atoms with van der Waals surface area (Å²) in [5.41, 5.74) is 3.69. The van der Waals surface area contributed by atoms with Gasteiger partial charge in [0.2, 0.25) is 5.91 Å². The van der Waals surface area contributed by atoms with Crippen LogP contribution in [0.25, 0.3) is 11.3 Å². The fourth-order valence-corrected chi connectivity index (χ4v) is 4.38. The molecule has 37 heavy (non-hydrogen) atoms. The number of hydrogen-bond acceptors (Lipinski definition) is 6. The molecule has 4 rings (SSSR count). The second-order valence-electron chi connectivity index (χ2n) is 9.09. The number of carboxylic acids is 2. The van der Waals surface area contributed by atoms with Crippen LogP contribution in [0.15, 0.2) is 52.9 Å². The Balaban J connectivity index is 0.000000568. The molecule has 2 heterocycles. The first kappa shape index (κ1) is 27.5. The number of aryl methyl sites for hydroxylation is 2. The number of carbonyl (C=O) groups excluding carboxylic acids is 1. The number of rotatable bonds is 6. The van der Waals surface area contributed by atoms with Gasteiger partial charge < -0.3 is 24.4 Å². The number of anilines is 1. The van der Waals surface area contributed by atoms with Gasteiger partial charge in [0.25, 0.3) is 0 Å². The number of aliphatic carboxylic acids is 2. The van der Waals surface area contributed by atoms with E-state index in [1.807, 2.05) is 23.1 Å². The zero-order valence-corrected chi connectivity index (χ0v) is 21.0. The standard InChI is InChI=1S/C25H28FN3O2.C2H2O4/c1-17-27-25(19-8-10-21(26)11-9-19)23(31-17)12-13-24(30)29-16-18(15-28(2)3)14-20-6-4-5-7-22(20)29;3-1(4)2(5)6/h4-11,18H,12-16H2,1-3H3;(H,3,4)(H,5,6). The van der Waals surface area contributed by atoms with Crippen molar-refractivity contribution in [2.24, 2.45) is 5.92 Å². The van der Waals surface area contributed by atoms with Crippen LogP contribution in [0.1, 0.15) is 23.6 Å². The number of fused-ring (bicyclic) bond motifs is 1. The normalized spacial score (nSPS) is 14.5. The zero-order chi connectivity index (χ0) is 27.1. The molecule has 9 nitrogen and oxygen atoms in total. The van der Waals surface area contributed by atoms with Crippen molar-refractivity contribution in [2.45, 2.75) is 26.2 Å². The van der Waals surface area contributed by atoms with Crippen molar-refractivity contribution in [3.8, 4) is 11.3 Å². The minimum absolute atomic E-state index is 0.0787. The van der Waals surface area contributed by atoms with Gasteiger partial charge in [0.15, 0.2) is 5.89 Å². The summed E-state index contributed by atoms with van der Waals surface area (Å²) in [6, 6.07) is 14.3. The summed E-state index contributed by atoms with van der Waals surface area (Å²) >= 11 is 0. The Labute approximate surface area is 214 Å². The van der Waals surface area contributed by atoms with E-state index in [1.165, 1.54) is 17.7 Å². The zero-order valence-electron chi connectivity index (χ0n) is 21.0. The van der Waals surface area contributed by atoms with E-state index in [4.69, 9.17) is 24.2 Å². The Morgan fingerprint density at radius 3 is 2.35 bits per heavy atom. The van der Waals surface area contributed by atoms with E-state index < -0.39 is 11.9 Å². The van der Waals surface area contributed by atoms with E-state index in [0.29, 0.717) is 42.6 Å². The predicted molar refractivity (Wildman–Crippen MR) is 135 cm³/mol. The fraction of sp³-hybridized carbons (Fsp3) is 0.333. The van der Waals surface area contributed by atoms with Gasteiger partial charge in [0, 0.05) is 44.1 Å². The summed E-state index contributed by atoms with van der Waals surface area (Å²) in [5, 5.41) is 14.8. The molecule has 2 aromatic carbocycles. The third-order valence-corrected chi connectivity index (χ3v) is 5.83. The molecule has 0 aliphatic carbocycles. The lowest BCUT2D eigenvalue weighted by atomic mass is 9.91. The van der Waals surface area contributed by atoms with Gasteiger partial charge in [-0.1, -0.05) is 18.2 Å². The number of nitrogens with zero attached hydrogens (tertiary/aromatic N) is 3. The molecule has 0 bridgehead atoms. The third-order valence-electron chi connectivity index (χ3n) is 5.83. The highest BCUT2D eigenvalue weighted by Gasteiger charge is 2.29. The highest BCUT2D eigenvalue weighted by Crippen LogP contribution is 2.31. The first-order valence-electron chi connectivity index (χ1n) is 11.8. The van der Waals surface area contributed by atoms with Gasteiger partial charge >= 0.3 is 11.9 Å². The van der Waals surface area contributed by atoms with Crippen LogP contribution in [0.4, 0.5) is 10.1 Å². The molecule has 1 unspecified atom stereocenters. The molecule has 0 spiro atoms. The first-order chi connectivity index (χ1) is 17.5. The summed E-state index contributed by atoms with van der Waals surface area (Å²) in [5.74, 6) is -2.27. The van der Waals surface area contributed by atoms with Crippen molar-refractivity contribution in [1.82, 2.24) is 9.88 Å². The SMILES string of the molecule is Cc1nc(-c2ccc(F)cc2)c(CCC(=O)N2CC(CN(C)C)Cc3ccccc32)o1.O=C(O)C(=O)O. The molecule has 0 radical (unpaired) electrons. The number of halogens is 1.